The molecule has 126 valence electrons. The first-order chi connectivity index (χ1) is 12.2. The second-order valence-electron chi connectivity index (χ2n) is 5.75. The third kappa shape index (κ3) is 3.08. The average Bonchev–Trinajstić information content (AvgIpc) is 3.23. The third-order valence-electron chi connectivity index (χ3n) is 4.17. The van der Waals surface area contributed by atoms with Gasteiger partial charge < -0.3 is 9.88 Å². The van der Waals surface area contributed by atoms with Crippen LogP contribution in [0.15, 0.2) is 54.9 Å². The Morgan fingerprint density at radius 3 is 2.92 bits per heavy atom. The number of pyridine rings is 1. The molecular weight excluding hydrogens is 338 g/mol. The summed E-state index contributed by atoms with van der Waals surface area (Å²) >= 11 is 6.18. The van der Waals surface area contributed by atoms with Gasteiger partial charge in [-0.3, -0.25) is 9.20 Å². The molecule has 1 amide bonds. The van der Waals surface area contributed by atoms with Gasteiger partial charge >= 0.3 is 0 Å². The number of carbonyl (C=O) groups is 1. The molecule has 0 aliphatic carbocycles. The molecule has 6 nitrogen and oxygen atoms in total. The Morgan fingerprint density at radius 1 is 1.08 bits per heavy atom. The van der Waals surface area contributed by atoms with E-state index in [-0.39, 0.29) is 5.91 Å². The molecule has 3 heterocycles. The number of aryl methyl sites for hydroxylation is 1. The lowest BCUT2D eigenvalue weighted by Gasteiger charge is -2.07. The van der Waals surface area contributed by atoms with Crippen molar-refractivity contribution in [3.05, 3.63) is 65.7 Å². The molecule has 0 atom stereocenters. The number of aromatic nitrogens is 4. The zero-order valence-corrected chi connectivity index (χ0v) is 14.1. The predicted octanol–water partition coefficient (Wildman–Crippen LogP) is 3.04. The first-order valence-corrected chi connectivity index (χ1v) is 8.39. The topological polar surface area (TPSA) is 64.2 Å². The molecule has 0 bridgehead atoms. The second kappa shape index (κ2) is 6.57. The van der Waals surface area contributed by atoms with Gasteiger partial charge in [-0.1, -0.05) is 23.7 Å². The molecule has 0 unspecified atom stereocenters. The number of rotatable bonds is 5. The third-order valence-corrected chi connectivity index (χ3v) is 4.50. The van der Waals surface area contributed by atoms with E-state index < -0.39 is 0 Å². The molecule has 0 fully saturated rings. The Balaban J connectivity index is 1.38. The second-order valence-corrected chi connectivity index (χ2v) is 6.16. The first-order valence-electron chi connectivity index (χ1n) is 8.01. The fraction of sp³-hybridized carbons (Fsp3) is 0.167. The summed E-state index contributed by atoms with van der Waals surface area (Å²) in [4.78, 5) is 12.2. The van der Waals surface area contributed by atoms with Gasteiger partial charge in [0.15, 0.2) is 11.5 Å². The van der Waals surface area contributed by atoms with Crippen LogP contribution in [0.2, 0.25) is 5.02 Å². The van der Waals surface area contributed by atoms with Gasteiger partial charge in [-0.2, -0.15) is 0 Å². The smallest absolute Gasteiger partial charge is 0.222 e. The van der Waals surface area contributed by atoms with Crippen LogP contribution in [0.4, 0.5) is 0 Å². The number of hydrogen-bond donors (Lipinski definition) is 1. The van der Waals surface area contributed by atoms with Crippen molar-refractivity contribution in [1.29, 1.82) is 0 Å². The number of benzene rings is 1. The summed E-state index contributed by atoms with van der Waals surface area (Å²) in [5, 5.41) is 12.8. The maximum atomic E-state index is 12.2. The Morgan fingerprint density at radius 2 is 2.00 bits per heavy atom. The van der Waals surface area contributed by atoms with Gasteiger partial charge in [0, 0.05) is 41.3 Å². The minimum atomic E-state index is -0.0310. The van der Waals surface area contributed by atoms with Crippen LogP contribution in [-0.4, -0.2) is 25.1 Å². The van der Waals surface area contributed by atoms with E-state index in [1.165, 1.54) is 0 Å². The van der Waals surface area contributed by atoms with Crippen molar-refractivity contribution in [3.8, 4) is 0 Å². The predicted molar refractivity (Wildman–Crippen MR) is 96.4 cm³/mol. The molecular formula is C18H16ClN5O. The van der Waals surface area contributed by atoms with Crippen LogP contribution in [0.25, 0.3) is 16.6 Å². The highest BCUT2D eigenvalue weighted by Crippen LogP contribution is 2.24. The van der Waals surface area contributed by atoms with Gasteiger partial charge in [-0.05, 0) is 30.3 Å². The van der Waals surface area contributed by atoms with Crippen LogP contribution >= 0.6 is 11.6 Å². The molecule has 7 heteroatoms. The van der Waals surface area contributed by atoms with Gasteiger partial charge in [-0.15, -0.1) is 10.2 Å². The van der Waals surface area contributed by atoms with Crippen LogP contribution in [0.5, 0.6) is 0 Å². The van der Waals surface area contributed by atoms with Crippen molar-refractivity contribution >= 4 is 34.1 Å². The lowest BCUT2D eigenvalue weighted by Crippen LogP contribution is -2.24. The number of carbonyl (C=O) groups excluding carboxylic acids is 1. The van der Waals surface area contributed by atoms with Crippen LogP contribution in [0.1, 0.15) is 12.2 Å². The number of nitrogens with one attached hydrogen (secondary N) is 1. The van der Waals surface area contributed by atoms with Crippen molar-refractivity contribution < 1.29 is 4.79 Å². The number of nitrogens with zero attached hydrogens (tertiary/aromatic N) is 4. The summed E-state index contributed by atoms with van der Waals surface area (Å²) in [5.74, 6) is 0.679. The van der Waals surface area contributed by atoms with Crippen LogP contribution in [-0.2, 0) is 17.9 Å². The number of halogens is 1. The normalized spacial score (nSPS) is 11.2. The number of fused-ring (bicyclic) bond motifs is 2. The Hall–Kier alpha value is -2.86. The Kier molecular flexibility index (Phi) is 4.11. The quantitative estimate of drug-likeness (QED) is 0.599. The highest BCUT2D eigenvalue weighted by Gasteiger charge is 2.09. The largest absolute Gasteiger partial charge is 0.349 e. The van der Waals surface area contributed by atoms with Crippen molar-refractivity contribution in [2.24, 2.45) is 0 Å². The fourth-order valence-electron chi connectivity index (χ4n) is 2.88. The standard InChI is InChI=1S/C18H16ClN5O/c19-14-4-3-5-15-13(14)7-10-23(15)11-8-18(25)20-12-17-22-21-16-6-1-2-9-24(16)17/h1-7,9-10H,8,11-12H2,(H,20,25). The highest BCUT2D eigenvalue weighted by atomic mass is 35.5. The minimum Gasteiger partial charge on any atom is -0.349 e. The molecule has 0 saturated heterocycles. The molecule has 0 aliphatic rings. The van der Waals surface area contributed by atoms with E-state index in [2.05, 4.69) is 15.5 Å². The van der Waals surface area contributed by atoms with Gasteiger partial charge in [0.25, 0.3) is 0 Å². The van der Waals surface area contributed by atoms with Crippen LogP contribution in [0, 0.1) is 0 Å². The molecule has 3 aromatic heterocycles. The van der Waals surface area contributed by atoms with E-state index >= 15 is 0 Å². The minimum absolute atomic E-state index is 0.0310. The molecule has 0 aliphatic heterocycles. The summed E-state index contributed by atoms with van der Waals surface area (Å²) < 4.78 is 3.90. The van der Waals surface area contributed by atoms with E-state index in [4.69, 9.17) is 11.6 Å². The first kappa shape index (κ1) is 15.7. The Labute approximate surface area is 149 Å². The summed E-state index contributed by atoms with van der Waals surface area (Å²) in [7, 11) is 0. The molecule has 1 aromatic carbocycles. The lowest BCUT2D eigenvalue weighted by atomic mass is 10.2. The van der Waals surface area contributed by atoms with E-state index in [9.17, 15) is 4.79 Å². The highest BCUT2D eigenvalue weighted by molar-refractivity contribution is 6.35. The molecule has 0 spiro atoms. The van der Waals surface area contributed by atoms with Crippen LogP contribution in [0.3, 0.4) is 0 Å². The fourth-order valence-corrected chi connectivity index (χ4v) is 3.11. The molecule has 4 rings (SSSR count). The summed E-state index contributed by atoms with van der Waals surface area (Å²) in [5.41, 5.74) is 1.80. The maximum absolute atomic E-state index is 12.2. The molecule has 25 heavy (non-hydrogen) atoms. The summed E-state index contributed by atoms with van der Waals surface area (Å²) in [6.07, 6.45) is 4.22. The lowest BCUT2D eigenvalue weighted by molar-refractivity contribution is -0.121. The molecule has 0 radical (unpaired) electrons. The van der Waals surface area contributed by atoms with Gasteiger partial charge in [0.05, 0.1) is 6.54 Å². The van der Waals surface area contributed by atoms with E-state index in [0.717, 1.165) is 21.6 Å². The Bertz CT molecular complexity index is 1050. The maximum Gasteiger partial charge on any atom is 0.222 e. The summed E-state index contributed by atoms with van der Waals surface area (Å²) in [6, 6.07) is 13.4. The SMILES string of the molecule is O=C(CCn1ccc2c(Cl)cccc21)NCc1nnc2ccccn12. The monoisotopic (exact) mass is 353 g/mol. The van der Waals surface area contributed by atoms with Crippen molar-refractivity contribution in [3.63, 3.8) is 0 Å². The molecule has 1 N–H and O–H groups in total. The zero-order chi connectivity index (χ0) is 17.2. The van der Waals surface area contributed by atoms with Gasteiger partial charge in [-0.25, -0.2) is 0 Å². The van der Waals surface area contributed by atoms with Crippen LogP contribution < -0.4 is 5.32 Å². The van der Waals surface area contributed by atoms with Crippen molar-refractivity contribution in [1.82, 2.24) is 24.5 Å². The number of hydrogen-bond acceptors (Lipinski definition) is 3. The number of amides is 1. The van der Waals surface area contributed by atoms with Gasteiger partial charge in [0.1, 0.15) is 0 Å². The van der Waals surface area contributed by atoms with E-state index in [1.54, 1.807) is 0 Å². The van der Waals surface area contributed by atoms with Crippen molar-refractivity contribution in [2.75, 3.05) is 0 Å². The van der Waals surface area contributed by atoms with Gasteiger partial charge in [0.2, 0.25) is 5.91 Å². The summed E-state index contributed by atoms with van der Waals surface area (Å²) in [6.45, 7) is 0.943. The molecule has 4 aromatic rings. The zero-order valence-electron chi connectivity index (χ0n) is 13.4. The van der Waals surface area contributed by atoms with Crippen molar-refractivity contribution in [2.45, 2.75) is 19.5 Å². The average molecular weight is 354 g/mol. The molecule has 0 saturated carbocycles. The van der Waals surface area contributed by atoms with E-state index in [0.29, 0.717) is 25.3 Å². The van der Waals surface area contributed by atoms with E-state index in [1.807, 2.05) is 63.8 Å².